The van der Waals surface area contributed by atoms with Gasteiger partial charge in [0.25, 0.3) is 0 Å². The number of hydrogen-bond donors (Lipinski definition) is 4. The smallest absolute Gasteiger partial charge is 0.326 e. The molecule has 0 radical (unpaired) electrons. The molecule has 21 heavy (non-hydrogen) atoms. The van der Waals surface area contributed by atoms with Crippen LogP contribution >= 0.6 is 0 Å². The molecule has 0 spiro atoms. The largest absolute Gasteiger partial charge is 0.481 e. The number of carbonyl (C=O) groups excluding carboxylic acids is 2. The Labute approximate surface area is 122 Å². The van der Waals surface area contributed by atoms with Crippen LogP contribution in [0.1, 0.15) is 32.6 Å². The number of hydrogen-bond acceptors (Lipinski definition) is 4. The molecule has 3 amide bonds. The van der Waals surface area contributed by atoms with Crippen molar-refractivity contribution in [2.75, 3.05) is 13.1 Å². The van der Waals surface area contributed by atoms with Gasteiger partial charge in [0.05, 0.1) is 0 Å². The molecule has 0 aliphatic carbocycles. The number of nitrogens with zero attached hydrogens (tertiary/aromatic N) is 1. The molecule has 1 atom stereocenters. The molecule has 0 bridgehead atoms. The van der Waals surface area contributed by atoms with Crippen LogP contribution in [-0.4, -0.2) is 58.1 Å². The summed E-state index contributed by atoms with van der Waals surface area (Å²) in [6, 6.07) is -1.39. The van der Waals surface area contributed by atoms with E-state index in [2.05, 4.69) is 5.32 Å². The summed E-state index contributed by atoms with van der Waals surface area (Å²) in [5.74, 6) is -2.80. The van der Waals surface area contributed by atoms with Crippen molar-refractivity contribution >= 4 is 23.9 Å². The molecule has 5 N–H and O–H groups in total. The van der Waals surface area contributed by atoms with Crippen molar-refractivity contribution in [1.29, 1.82) is 0 Å². The predicted octanol–water partition coefficient (Wildman–Crippen LogP) is -0.399. The Morgan fingerprint density at radius 3 is 2.00 bits per heavy atom. The van der Waals surface area contributed by atoms with E-state index in [0.29, 0.717) is 0 Å². The highest BCUT2D eigenvalue weighted by atomic mass is 16.4. The van der Waals surface area contributed by atoms with E-state index in [1.54, 1.807) is 4.90 Å². The lowest BCUT2D eigenvalue weighted by molar-refractivity contribution is -0.142. The van der Waals surface area contributed by atoms with Crippen molar-refractivity contribution in [1.82, 2.24) is 10.2 Å². The minimum atomic E-state index is -1.23. The number of urea groups is 1. The summed E-state index contributed by atoms with van der Waals surface area (Å²) in [5, 5.41) is 18.9. The summed E-state index contributed by atoms with van der Waals surface area (Å²) in [4.78, 5) is 43.0. The van der Waals surface area contributed by atoms with E-state index < -0.39 is 23.9 Å². The molecular weight excluding hydrogens is 282 g/mol. The standard InChI is InChI=1S/C7H11NO5.C5H10N2O/c1-4(9)8-5(7(12)13)2-3-6(10)11;6-5(8)7-3-1-2-4-7/h5H,2-3H2,1H3,(H,8,9)(H,10,11)(H,12,13);1-4H2,(H2,6,8)/t5-;/m0./s1. The first-order chi connectivity index (χ1) is 9.73. The van der Waals surface area contributed by atoms with Gasteiger partial charge in [-0.05, 0) is 19.3 Å². The van der Waals surface area contributed by atoms with Crippen LogP contribution in [0, 0.1) is 0 Å². The number of likely N-dealkylation sites (tertiary alicyclic amines) is 1. The monoisotopic (exact) mass is 303 g/mol. The van der Waals surface area contributed by atoms with Gasteiger partial charge in [0, 0.05) is 26.4 Å². The summed E-state index contributed by atoms with van der Waals surface area (Å²) in [5.41, 5.74) is 4.98. The highest BCUT2D eigenvalue weighted by Gasteiger charge is 2.18. The van der Waals surface area contributed by atoms with E-state index in [1.807, 2.05) is 0 Å². The Hall–Kier alpha value is -2.32. The number of rotatable bonds is 5. The summed E-state index contributed by atoms with van der Waals surface area (Å²) in [6.07, 6.45) is 1.84. The number of nitrogens with one attached hydrogen (secondary N) is 1. The number of carbonyl (C=O) groups is 4. The van der Waals surface area contributed by atoms with Crippen molar-refractivity contribution < 1.29 is 29.4 Å². The lowest BCUT2D eigenvalue weighted by atomic mass is 10.1. The van der Waals surface area contributed by atoms with Crippen LogP contribution in [-0.2, 0) is 14.4 Å². The number of carboxylic acids is 2. The van der Waals surface area contributed by atoms with Crippen LogP contribution in [0.4, 0.5) is 4.79 Å². The lowest BCUT2D eigenvalue weighted by Gasteiger charge is -2.10. The van der Waals surface area contributed by atoms with E-state index in [4.69, 9.17) is 15.9 Å². The maximum Gasteiger partial charge on any atom is 0.326 e. The first-order valence-electron chi connectivity index (χ1n) is 6.50. The van der Waals surface area contributed by atoms with E-state index in [0.717, 1.165) is 25.9 Å². The molecular formula is C12H21N3O6. The summed E-state index contributed by atoms with van der Waals surface area (Å²) in [6.45, 7) is 2.89. The Morgan fingerprint density at radius 2 is 1.71 bits per heavy atom. The lowest BCUT2D eigenvalue weighted by Crippen LogP contribution is -2.39. The fourth-order valence-electron chi connectivity index (χ4n) is 1.71. The van der Waals surface area contributed by atoms with Crippen LogP contribution < -0.4 is 11.1 Å². The molecule has 9 nitrogen and oxygen atoms in total. The van der Waals surface area contributed by atoms with Gasteiger partial charge >= 0.3 is 18.0 Å². The number of aliphatic carboxylic acids is 2. The van der Waals surface area contributed by atoms with Crippen molar-refractivity contribution in [3.05, 3.63) is 0 Å². The van der Waals surface area contributed by atoms with Crippen LogP contribution in [0.15, 0.2) is 0 Å². The highest BCUT2D eigenvalue weighted by molar-refractivity contribution is 5.82. The molecule has 0 aromatic carbocycles. The first-order valence-corrected chi connectivity index (χ1v) is 6.50. The fraction of sp³-hybridized carbons (Fsp3) is 0.667. The topological polar surface area (TPSA) is 150 Å². The highest BCUT2D eigenvalue weighted by Crippen LogP contribution is 2.05. The summed E-state index contributed by atoms with van der Waals surface area (Å²) in [7, 11) is 0. The zero-order chi connectivity index (χ0) is 16.4. The molecule has 0 aromatic rings. The zero-order valence-corrected chi connectivity index (χ0v) is 11.9. The summed E-state index contributed by atoms with van der Waals surface area (Å²) < 4.78 is 0. The minimum Gasteiger partial charge on any atom is -0.481 e. The van der Waals surface area contributed by atoms with Crippen molar-refractivity contribution in [3.8, 4) is 0 Å². The van der Waals surface area contributed by atoms with Crippen molar-refractivity contribution in [3.63, 3.8) is 0 Å². The zero-order valence-electron chi connectivity index (χ0n) is 11.9. The van der Waals surface area contributed by atoms with E-state index in [1.165, 1.54) is 6.92 Å². The van der Waals surface area contributed by atoms with Crippen LogP contribution in [0.25, 0.3) is 0 Å². The minimum absolute atomic E-state index is 0.107. The predicted molar refractivity (Wildman–Crippen MR) is 72.5 cm³/mol. The Balaban J connectivity index is 0.000000423. The molecule has 0 saturated carbocycles. The SMILES string of the molecule is CC(=O)N[C@@H](CCC(=O)O)C(=O)O.NC(=O)N1CCCC1. The van der Waals surface area contributed by atoms with Crippen molar-refractivity contribution in [2.24, 2.45) is 5.73 Å². The second kappa shape index (κ2) is 9.56. The third-order valence-electron chi connectivity index (χ3n) is 2.74. The molecule has 1 fully saturated rings. The van der Waals surface area contributed by atoms with Gasteiger partial charge in [-0.15, -0.1) is 0 Å². The van der Waals surface area contributed by atoms with Crippen LogP contribution in [0.2, 0.25) is 0 Å². The normalized spacial score (nSPS) is 14.6. The Kier molecular flexibility index (Phi) is 8.51. The van der Waals surface area contributed by atoms with Gasteiger partial charge in [0.2, 0.25) is 5.91 Å². The van der Waals surface area contributed by atoms with Crippen LogP contribution in [0.5, 0.6) is 0 Å². The third kappa shape index (κ3) is 9.25. The average molecular weight is 303 g/mol. The van der Waals surface area contributed by atoms with Gasteiger partial charge in [0.1, 0.15) is 6.04 Å². The number of primary amides is 1. The molecule has 120 valence electrons. The quantitative estimate of drug-likeness (QED) is 0.542. The number of nitrogens with two attached hydrogens (primary N) is 1. The number of amides is 3. The second-order valence-corrected chi connectivity index (χ2v) is 4.56. The van der Waals surface area contributed by atoms with Crippen molar-refractivity contribution in [2.45, 2.75) is 38.6 Å². The van der Waals surface area contributed by atoms with Gasteiger partial charge in [-0.3, -0.25) is 9.59 Å². The van der Waals surface area contributed by atoms with Gasteiger partial charge in [-0.2, -0.15) is 0 Å². The van der Waals surface area contributed by atoms with Gasteiger partial charge in [-0.1, -0.05) is 0 Å². The first kappa shape index (κ1) is 18.7. The molecule has 1 saturated heterocycles. The van der Waals surface area contributed by atoms with E-state index >= 15 is 0 Å². The number of carboxylic acid groups (broad SMARTS) is 2. The molecule has 1 heterocycles. The molecule has 9 heteroatoms. The molecule has 1 aliphatic rings. The molecule has 1 aliphatic heterocycles. The van der Waals surface area contributed by atoms with Crippen LogP contribution in [0.3, 0.4) is 0 Å². The average Bonchev–Trinajstić information content (AvgIpc) is 2.88. The Bertz CT molecular complexity index is 392. The summed E-state index contributed by atoms with van der Waals surface area (Å²) >= 11 is 0. The van der Waals surface area contributed by atoms with Gasteiger partial charge in [-0.25, -0.2) is 9.59 Å². The van der Waals surface area contributed by atoms with E-state index in [-0.39, 0.29) is 18.9 Å². The molecule has 0 aromatic heterocycles. The maximum absolute atomic E-state index is 10.5. The third-order valence-corrected chi connectivity index (χ3v) is 2.74. The second-order valence-electron chi connectivity index (χ2n) is 4.56. The van der Waals surface area contributed by atoms with Gasteiger partial charge in [0.15, 0.2) is 0 Å². The Morgan fingerprint density at radius 1 is 1.19 bits per heavy atom. The van der Waals surface area contributed by atoms with E-state index in [9.17, 15) is 19.2 Å². The molecule has 1 rings (SSSR count). The molecule has 0 unspecified atom stereocenters. The maximum atomic E-state index is 10.5. The fourth-order valence-corrected chi connectivity index (χ4v) is 1.71. The van der Waals surface area contributed by atoms with Gasteiger partial charge < -0.3 is 26.2 Å².